The van der Waals surface area contributed by atoms with Crippen molar-refractivity contribution in [1.29, 1.82) is 0 Å². The molecule has 0 unspecified atom stereocenters. The van der Waals surface area contributed by atoms with Gasteiger partial charge in [0.1, 0.15) is 0 Å². The molecule has 0 heterocycles. The first-order valence-corrected chi connectivity index (χ1v) is 2.95. The minimum Gasteiger partial charge on any atom is -1.00 e. The average Bonchev–Trinajstić information content (AvgIpc) is 2.66. The molecule has 0 spiro atoms. The van der Waals surface area contributed by atoms with E-state index in [1.807, 2.05) is 0 Å². The van der Waals surface area contributed by atoms with E-state index >= 15 is 0 Å². The van der Waals surface area contributed by atoms with Crippen molar-refractivity contribution < 1.29 is 58.5 Å². The summed E-state index contributed by atoms with van der Waals surface area (Å²) in [6.07, 6.45) is 0.551. The van der Waals surface area contributed by atoms with Gasteiger partial charge in [0.05, 0.1) is 0 Å². The number of hydrogen-bond donors (Lipinski definition) is 5. The molecule has 0 amide bonds. The molecule has 98 valence electrons. The van der Waals surface area contributed by atoms with Crippen LogP contribution in [0.25, 0.3) is 0 Å². The van der Waals surface area contributed by atoms with Crippen LogP contribution in [0.2, 0.25) is 0 Å². The number of carboxylic acids is 2. The summed E-state index contributed by atoms with van der Waals surface area (Å²) in [7, 11) is 0. The third kappa shape index (κ3) is 7.52. The molecule has 0 aromatic rings. The maximum atomic E-state index is 10.1. The number of hydrogen-bond acceptors (Lipinski definition) is 6. The fraction of sp³-hybridized carbons (Fsp3) is 0.600. The van der Waals surface area contributed by atoms with Gasteiger partial charge in [-0.25, -0.2) is 0 Å². The Bertz CT molecular complexity index is 208. The second-order valence-corrected chi connectivity index (χ2v) is 2.27. The van der Waals surface area contributed by atoms with Crippen LogP contribution in [0, 0.1) is 10.3 Å². The van der Waals surface area contributed by atoms with E-state index in [2.05, 4.69) is 0 Å². The van der Waals surface area contributed by atoms with Crippen LogP contribution in [0.15, 0.2) is 5.34 Å². The molecule has 1 fully saturated rings. The Hall–Kier alpha value is -0.762. The summed E-state index contributed by atoms with van der Waals surface area (Å²) in [4.78, 5) is 28.4. The van der Waals surface area contributed by atoms with Crippen LogP contribution in [0.5, 0.6) is 0 Å². The Morgan fingerprint density at radius 3 is 1.25 bits per heavy atom. The van der Waals surface area contributed by atoms with Gasteiger partial charge in [0.25, 0.3) is 0 Å². The van der Waals surface area contributed by atoms with Crippen molar-refractivity contribution in [2.24, 2.45) is 10.8 Å². The minimum atomic E-state index is -1.42. The van der Waals surface area contributed by atoms with Crippen LogP contribution in [0.4, 0.5) is 0 Å². The maximum Gasteiger partial charge on any atom is 4.00 e. The molecule has 0 bridgehead atoms. The first kappa shape index (κ1) is 29.5. The van der Waals surface area contributed by atoms with E-state index in [1.165, 1.54) is 5.34 Å². The molecule has 1 saturated carbocycles. The summed E-state index contributed by atoms with van der Waals surface area (Å²) in [6, 6.07) is 0. The van der Waals surface area contributed by atoms with Crippen molar-refractivity contribution in [1.82, 2.24) is 12.3 Å². The second kappa shape index (κ2) is 12.3. The smallest absolute Gasteiger partial charge is 1.00 e. The van der Waals surface area contributed by atoms with Gasteiger partial charge in [0.2, 0.25) is 0 Å². The number of nitrogens with zero attached hydrogens (tertiary/aromatic N) is 1. The van der Waals surface area contributed by atoms with Gasteiger partial charge in [0, 0.05) is 0 Å². The fourth-order valence-electron chi connectivity index (χ4n) is 0.644. The molecule has 0 aromatic carbocycles. The number of rotatable bonds is 2. The van der Waals surface area contributed by atoms with Gasteiger partial charge in [0.15, 0.2) is 10.8 Å². The Morgan fingerprint density at radius 1 is 1.06 bits per heavy atom. The van der Waals surface area contributed by atoms with Crippen LogP contribution in [0.1, 0.15) is 12.8 Å². The van der Waals surface area contributed by atoms with Gasteiger partial charge in [-0.05, 0) is 12.8 Å². The zero-order chi connectivity index (χ0) is 9.78. The standard InChI is InChI=1S/C5H6O4.ClH.HNO2.2H3N.Pt/c6-3(7)5(1-2-5)4(8)9;;2-1-3;;;/h1-2H2,(H,6,7)(H,8,9);1H;(H,2,3);2*1H3;/q;;;;;+4/p-1. The number of halogens is 1. The quantitative estimate of drug-likeness (QED) is 0.175. The van der Waals surface area contributed by atoms with E-state index in [0.717, 1.165) is 0 Å². The number of aliphatic carboxylic acids is 2. The van der Waals surface area contributed by atoms with Gasteiger partial charge in [-0.1, -0.05) is 0 Å². The maximum absolute atomic E-state index is 10.1. The van der Waals surface area contributed by atoms with Gasteiger partial charge in [-0.3, -0.25) is 9.59 Å². The van der Waals surface area contributed by atoms with Crippen molar-refractivity contribution in [3.8, 4) is 0 Å². The molecule has 0 radical (unpaired) electrons. The van der Waals surface area contributed by atoms with E-state index in [-0.39, 0.29) is 58.6 Å². The van der Waals surface area contributed by atoms with Crippen LogP contribution in [-0.2, 0) is 30.7 Å². The zero-order valence-corrected chi connectivity index (χ0v) is 11.1. The monoisotopic (exact) mass is 441 g/mol. The van der Waals surface area contributed by atoms with Crippen molar-refractivity contribution in [2.75, 3.05) is 0 Å². The summed E-state index contributed by atoms with van der Waals surface area (Å²) in [6.45, 7) is 0. The van der Waals surface area contributed by atoms with Crippen molar-refractivity contribution in [3.63, 3.8) is 0 Å². The van der Waals surface area contributed by atoms with Crippen LogP contribution in [0.3, 0.4) is 0 Å². The Kier molecular flexibility index (Phi) is 22.7. The summed E-state index contributed by atoms with van der Waals surface area (Å²) in [5.74, 6) is -2.43. The predicted molar refractivity (Wildman–Crippen MR) is 44.6 cm³/mol. The number of carboxylic acid groups (broad SMARTS) is 2. The second-order valence-electron chi connectivity index (χ2n) is 2.27. The summed E-state index contributed by atoms with van der Waals surface area (Å²) in [5, 5.41) is 24.5. The summed E-state index contributed by atoms with van der Waals surface area (Å²) < 4.78 is 0. The molecular formula is C5H13ClN3O6Pt+3. The van der Waals surface area contributed by atoms with E-state index < -0.39 is 17.4 Å². The molecule has 0 saturated heterocycles. The SMILES string of the molecule is N.N.O=C(O)C1(C(=O)O)CC1.O=NO.[Cl-].[Pt+4]. The molecule has 11 heteroatoms. The van der Waals surface area contributed by atoms with Gasteiger partial charge in [-0.2, -0.15) is 0 Å². The average molecular weight is 442 g/mol. The molecule has 1 rings (SSSR count). The predicted octanol–water partition coefficient (Wildman–Crippen LogP) is -2.60. The molecule has 0 atom stereocenters. The Labute approximate surface area is 111 Å². The third-order valence-corrected chi connectivity index (χ3v) is 1.57. The van der Waals surface area contributed by atoms with E-state index in [1.54, 1.807) is 0 Å². The van der Waals surface area contributed by atoms with E-state index in [0.29, 0.717) is 0 Å². The molecule has 1 aliphatic rings. The van der Waals surface area contributed by atoms with Crippen molar-refractivity contribution >= 4 is 11.9 Å². The molecular weight excluding hydrogens is 429 g/mol. The minimum absolute atomic E-state index is 0. The molecule has 9 N–H and O–H groups in total. The topological polar surface area (TPSA) is 194 Å². The molecule has 9 nitrogen and oxygen atoms in total. The van der Waals surface area contributed by atoms with Crippen molar-refractivity contribution in [2.45, 2.75) is 12.8 Å². The molecule has 0 aliphatic heterocycles. The van der Waals surface area contributed by atoms with Gasteiger partial charge < -0.3 is 40.1 Å². The van der Waals surface area contributed by atoms with Gasteiger partial charge in [-0.15, -0.1) is 4.91 Å². The first-order chi connectivity index (χ1) is 5.51. The molecule has 0 aromatic heterocycles. The van der Waals surface area contributed by atoms with E-state index in [4.69, 9.17) is 20.3 Å². The van der Waals surface area contributed by atoms with Crippen LogP contribution < -0.4 is 24.7 Å². The third-order valence-electron chi connectivity index (χ3n) is 1.57. The van der Waals surface area contributed by atoms with E-state index in [9.17, 15) is 9.59 Å². The van der Waals surface area contributed by atoms with Crippen LogP contribution >= 0.6 is 0 Å². The summed E-state index contributed by atoms with van der Waals surface area (Å²) >= 11 is 0. The molecule has 16 heavy (non-hydrogen) atoms. The zero-order valence-electron chi connectivity index (χ0n) is 8.04. The van der Waals surface area contributed by atoms with Gasteiger partial charge >= 0.3 is 33.0 Å². The fourth-order valence-corrected chi connectivity index (χ4v) is 0.644. The Balaban J connectivity index is -0.0000000528. The number of carbonyl (C=O) groups is 2. The first-order valence-electron chi connectivity index (χ1n) is 2.95. The Morgan fingerprint density at radius 2 is 1.25 bits per heavy atom. The normalized spacial score (nSPS) is 12.5. The van der Waals surface area contributed by atoms with Crippen LogP contribution in [-0.4, -0.2) is 27.4 Å². The molecule has 1 aliphatic carbocycles. The summed E-state index contributed by atoms with van der Waals surface area (Å²) in [5.41, 5.74) is -1.42. The van der Waals surface area contributed by atoms with Crippen molar-refractivity contribution in [3.05, 3.63) is 4.91 Å². The largest absolute Gasteiger partial charge is 4.00 e.